The van der Waals surface area contributed by atoms with Crippen LogP contribution in [-0.2, 0) is 0 Å². The monoisotopic (exact) mass is 364 g/mol. The van der Waals surface area contributed by atoms with Crippen LogP contribution in [0.1, 0.15) is 20.7 Å². The first-order chi connectivity index (χ1) is 12.7. The Balaban J connectivity index is 0.000000151. The van der Waals surface area contributed by atoms with Crippen LogP contribution in [0, 0.1) is 0 Å². The predicted octanol–water partition coefficient (Wildman–Crippen LogP) is 4.04. The molecule has 0 saturated carbocycles. The van der Waals surface area contributed by atoms with Gasteiger partial charge in [-0.15, -0.1) is 0 Å². The highest BCUT2D eigenvalue weighted by molar-refractivity contribution is 6.37. The van der Waals surface area contributed by atoms with E-state index in [0.29, 0.717) is 28.5 Å². The zero-order valence-electron chi connectivity index (χ0n) is 13.5. The highest BCUT2D eigenvalue weighted by Gasteiger charge is 2.04. The summed E-state index contributed by atoms with van der Waals surface area (Å²) in [6.07, 6.45) is 4.18. The summed E-state index contributed by atoms with van der Waals surface area (Å²) in [4.78, 5) is 39.5. The van der Waals surface area contributed by atoms with Gasteiger partial charge >= 0.3 is 0 Å². The third-order valence-electron chi connectivity index (χ3n) is 3.81. The molecule has 0 saturated heterocycles. The Morgan fingerprint density at radius 2 is 1.54 bits per heavy atom. The molecule has 2 heterocycles. The first kappa shape index (κ1) is 17.5. The maximum Gasteiger partial charge on any atom is 0.199 e. The highest BCUT2D eigenvalue weighted by atomic mass is 35.5. The number of nitrogens with one attached hydrogen (secondary N) is 1. The fourth-order valence-electron chi connectivity index (χ4n) is 2.48. The Morgan fingerprint density at radius 3 is 2.27 bits per heavy atom. The van der Waals surface area contributed by atoms with Gasteiger partial charge in [0.1, 0.15) is 0 Å². The van der Waals surface area contributed by atoms with Crippen LogP contribution >= 0.6 is 11.6 Å². The molecule has 0 radical (unpaired) electrons. The molecule has 0 aliphatic carbocycles. The molecule has 0 fully saturated rings. The number of carbonyl (C=O) groups excluding carboxylic acids is 2. The van der Waals surface area contributed by atoms with Crippen LogP contribution in [0.15, 0.2) is 65.7 Å². The maximum atomic E-state index is 11.5. The van der Waals surface area contributed by atoms with Crippen molar-refractivity contribution in [3.05, 3.63) is 87.3 Å². The minimum absolute atomic E-state index is 0.165. The SMILES string of the molecule is O=Cc1c[nH]c2ccccc2c1=O.O=Cc1cnc2ccccc2c1Cl. The standard InChI is InChI=1S/C10H6ClNO.C10H7NO2/c11-10-7(6-13)5-12-9-4-2-1-3-8(9)10;12-6-7-5-11-9-4-2-1-3-8(9)10(7)13/h1-6H;1-6H,(H,11,13). The van der Waals surface area contributed by atoms with Crippen molar-refractivity contribution in [2.45, 2.75) is 0 Å². The van der Waals surface area contributed by atoms with Gasteiger partial charge in [-0.25, -0.2) is 0 Å². The van der Waals surface area contributed by atoms with Gasteiger partial charge in [-0.2, -0.15) is 0 Å². The summed E-state index contributed by atoms with van der Waals surface area (Å²) in [5.74, 6) is 0. The van der Waals surface area contributed by atoms with Crippen LogP contribution in [0.25, 0.3) is 21.8 Å². The smallest absolute Gasteiger partial charge is 0.199 e. The number of aromatic nitrogens is 2. The molecule has 0 atom stereocenters. The number of hydrogen-bond acceptors (Lipinski definition) is 4. The number of H-pyrrole nitrogens is 1. The fraction of sp³-hybridized carbons (Fsp3) is 0. The summed E-state index contributed by atoms with van der Waals surface area (Å²) in [7, 11) is 0. The molecule has 0 unspecified atom stereocenters. The molecule has 26 heavy (non-hydrogen) atoms. The van der Waals surface area contributed by atoms with E-state index in [4.69, 9.17) is 11.6 Å². The number of fused-ring (bicyclic) bond motifs is 2. The number of halogens is 1. The number of para-hydroxylation sites is 2. The van der Waals surface area contributed by atoms with Crippen molar-refractivity contribution in [3.8, 4) is 0 Å². The Labute approximate surface area is 153 Å². The molecule has 5 nitrogen and oxygen atoms in total. The average Bonchev–Trinajstić information content (AvgIpc) is 2.70. The average molecular weight is 365 g/mol. The third kappa shape index (κ3) is 3.38. The number of aldehydes is 2. The van der Waals surface area contributed by atoms with Crippen molar-refractivity contribution in [1.82, 2.24) is 9.97 Å². The normalized spacial score (nSPS) is 10.2. The molecule has 0 amide bonds. The molecular formula is C20H13ClN2O3. The van der Waals surface area contributed by atoms with Gasteiger partial charge in [0.2, 0.25) is 0 Å². The first-order valence-electron chi connectivity index (χ1n) is 7.69. The van der Waals surface area contributed by atoms with Crippen molar-refractivity contribution in [1.29, 1.82) is 0 Å². The lowest BCUT2D eigenvalue weighted by Crippen LogP contribution is -2.08. The largest absolute Gasteiger partial charge is 0.360 e. The van der Waals surface area contributed by atoms with Crippen molar-refractivity contribution in [2.75, 3.05) is 0 Å². The minimum atomic E-state index is -0.218. The molecule has 0 aliphatic rings. The zero-order chi connectivity index (χ0) is 18.5. The summed E-state index contributed by atoms with van der Waals surface area (Å²) >= 11 is 5.97. The number of hydrogen-bond donors (Lipinski definition) is 1. The summed E-state index contributed by atoms with van der Waals surface area (Å²) in [5.41, 5.74) is 1.93. The quantitative estimate of drug-likeness (QED) is 0.544. The second-order valence-corrected chi connectivity index (χ2v) is 5.78. The van der Waals surface area contributed by atoms with Gasteiger partial charge in [0.15, 0.2) is 18.0 Å². The minimum Gasteiger partial charge on any atom is -0.360 e. The molecule has 0 spiro atoms. The van der Waals surface area contributed by atoms with Crippen molar-refractivity contribution < 1.29 is 9.59 Å². The molecule has 2 aromatic heterocycles. The third-order valence-corrected chi connectivity index (χ3v) is 4.23. The lowest BCUT2D eigenvalue weighted by molar-refractivity contribution is 0.111. The Kier molecular flexibility index (Phi) is 5.20. The molecule has 128 valence electrons. The molecule has 0 aliphatic heterocycles. The van der Waals surface area contributed by atoms with E-state index in [1.165, 1.54) is 12.4 Å². The number of pyridine rings is 2. The van der Waals surface area contributed by atoms with E-state index in [1.54, 1.807) is 18.2 Å². The van der Waals surface area contributed by atoms with E-state index in [-0.39, 0.29) is 11.0 Å². The van der Waals surface area contributed by atoms with Gasteiger partial charge in [0, 0.05) is 28.7 Å². The topological polar surface area (TPSA) is 79.9 Å². The molecule has 0 bridgehead atoms. The Hall–Kier alpha value is -3.31. The van der Waals surface area contributed by atoms with Gasteiger partial charge in [-0.1, -0.05) is 41.9 Å². The lowest BCUT2D eigenvalue weighted by Gasteiger charge is -2.00. The number of carbonyl (C=O) groups is 2. The van der Waals surface area contributed by atoms with E-state index < -0.39 is 0 Å². The molecule has 6 heteroatoms. The summed E-state index contributed by atoms with van der Waals surface area (Å²) in [6, 6.07) is 14.5. The lowest BCUT2D eigenvalue weighted by atomic mass is 10.1. The number of rotatable bonds is 2. The second-order valence-electron chi connectivity index (χ2n) is 5.40. The van der Waals surface area contributed by atoms with E-state index in [9.17, 15) is 14.4 Å². The summed E-state index contributed by atoms with van der Waals surface area (Å²) in [5, 5.41) is 1.83. The Bertz CT molecular complexity index is 1170. The number of benzene rings is 2. The van der Waals surface area contributed by atoms with Gasteiger partial charge in [0.25, 0.3) is 0 Å². The summed E-state index contributed by atoms with van der Waals surface area (Å²) in [6.45, 7) is 0. The van der Waals surface area contributed by atoms with Gasteiger partial charge < -0.3 is 4.98 Å². The molecule has 4 aromatic rings. The van der Waals surface area contributed by atoms with Crippen molar-refractivity contribution in [2.24, 2.45) is 0 Å². The highest BCUT2D eigenvalue weighted by Crippen LogP contribution is 2.23. The molecule has 1 N–H and O–H groups in total. The van der Waals surface area contributed by atoms with E-state index in [2.05, 4.69) is 9.97 Å². The molecule has 2 aromatic carbocycles. The second kappa shape index (κ2) is 7.72. The maximum absolute atomic E-state index is 11.5. The van der Waals surface area contributed by atoms with E-state index >= 15 is 0 Å². The van der Waals surface area contributed by atoms with Crippen molar-refractivity contribution >= 4 is 46.0 Å². The van der Waals surface area contributed by atoms with E-state index in [0.717, 1.165) is 16.4 Å². The van der Waals surface area contributed by atoms with Crippen LogP contribution in [0.4, 0.5) is 0 Å². The van der Waals surface area contributed by atoms with E-state index in [1.807, 2.05) is 30.3 Å². The van der Waals surface area contributed by atoms with Gasteiger partial charge in [-0.3, -0.25) is 19.4 Å². The Morgan fingerprint density at radius 1 is 0.885 bits per heavy atom. The predicted molar refractivity (Wildman–Crippen MR) is 102 cm³/mol. The molecular weight excluding hydrogens is 352 g/mol. The zero-order valence-corrected chi connectivity index (χ0v) is 14.2. The molecule has 4 rings (SSSR count). The van der Waals surface area contributed by atoms with Crippen LogP contribution in [0.5, 0.6) is 0 Å². The number of aromatic amines is 1. The van der Waals surface area contributed by atoms with Crippen LogP contribution < -0.4 is 5.43 Å². The van der Waals surface area contributed by atoms with Crippen LogP contribution in [-0.4, -0.2) is 22.5 Å². The van der Waals surface area contributed by atoms with Crippen LogP contribution in [0.2, 0.25) is 5.02 Å². The van der Waals surface area contributed by atoms with Gasteiger partial charge in [0.05, 0.1) is 21.7 Å². The van der Waals surface area contributed by atoms with Gasteiger partial charge in [-0.05, 0) is 18.2 Å². The first-order valence-corrected chi connectivity index (χ1v) is 8.07. The van der Waals surface area contributed by atoms with Crippen molar-refractivity contribution in [3.63, 3.8) is 0 Å². The van der Waals surface area contributed by atoms with Crippen LogP contribution in [0.3, 0.4) is 0 Å². The summed E-state index contributed by atoms with van der Waals surface area (Å²) < 4.78 is 0. The number of nitrogens with zero attached hydrogens (tertiary/aromatic N) is 1. The fourth-order valence-corrected chi connectivity index (χ4v) is 2.73.